The van der Waals surface area contributed by atoms with Gasteiger partial charge in [0.1, 0.15) is 18.3 Å². The molecule has 1 saturated heterocycles. The summed E-state index contributed by atoms with van der Waals surface area (Å²) < 4.78 is 37.9. The average molecular weight is 426 g/mol. The van der Waals surface area contributed by atoms with Crippen LogP contribution in [-0.2, 0) is 20.9 Å². The Balaban J connectivity index is 2.26. The normalized spacial score (nSPS) is 30.6. The Morgan fingerprint density at radius 1 is 1.43 bits per heavy atom. The minimum Gasteiger partial charge on any atom is -0.388 e. The number of hydrogen-bond acceptors (Lipinski definition) is 8. The molecular weight excluding hydrogens is 402 g/mol. The number of alkyl halides is 1. The molecule has 1 aromatic rings. The first kappa shape index (κ1) is 22.9. The van der Waals surface area contributed by atoms with Crippen molar-refractivity contribution in [1.29, 1.82) is 0 Å². The van der Waals surface area contributed by atoms with Crippen molar-refractivity contribution in [2.45, 2.75) is 62.8 Å². The van der Waals surface area contributed by atoms with E-state index >= 15 is 4.39 Å². The molecule has 28 heavy (non-hydrogen) atoms. The van der Waals surface area contributed by atoms with Crippen LogP contribution in [0.5, 0.6) is 0 Å². The van der Waals surface area contributed by atoms with E-state index in [1.54, 1.807) is 0 Å². The Morgan fingerprint density at radius 3 is 2.57 bits per heavy atom. The van der Waals surface area contributed by atoms with Crippen LogP contribution < -0.4 is 11.2 Å². The molecule has 0 aromatic carbocycles. The number of ether oxygens (including phenoxy) is 1. The summed E-state index contributed by atoms with van der Waals surface area (Å²) >= 11 is 0. The third-order valence-electron chi connectivity index (χ3n) is 4.61. The van der Waals surface area contributed by atoms with Gasteiger partial charge < -0.3 is 29.5 Å². The maximum Gasteiger partial charge on any atom is 0.358 e. The molecule has 2 heterocycles. The molecule has 160 valence electrons. The molecule has 0 bridgehead atoms. The molecule has 7 atom stereocenters. The molecule has 1 aromatic heterocycles. The number of H-pyrrole nitrogens is 1. The highest BCUT2D eigenvalue weighted by Gasteiger charge is 2.50. The van der Waals surface area contributed by atoms with E-state index in [1.165, 1.54) is 14.0 Å². The van der Waals surface area contributed by atoms with Gasteiger partial charge in [0.15, 0.2) is 5.85 Å². The lowest BCUT2D eigenvalue weighted by atomic mass is 9.99. The quantitative estimate of drug-likeness (QED) is 0.352. The molecule has 0 spiro atoms. The summed E-state index contributed by atoms with van der Waals surface area (Å²) in [6.45, 7) is 2.28. The highest BCUT2D eigenvalue weighted by Crippen LogP contribution is 2.52. The molecule has 0 amide bonds. The number of aromatic amines is 1. The molecule has 5 N–H and O–H groups in total. The molecule has 3 unspecified atom stereocenters. The van der Waals surface area contributed by atoms with E-state index in [0.717, 1.165) is 17.7 Å². The van der Waals surface area contributed by atoms with Crippen LogP contribution in [0, 0.1) is 0 Å². The number of aromatic nitrogens is 2. The largest absolute Gasteiger partial charge is 0.388 e. The first-order valence-electron chi connectivity index (χ1n) is 8.53. The standard InChI is InChI=1S/C15H24FN2O9P/c1-4-15(16,27-28(24,25)7(2)19)5-9-10(20)11(21)12(26-9)8-6-18(3)14(23)17-13(8)22/h6-7,9-12,19-21H,4-5H2,1-3H3,(H,24,25)(H,17,22,23)/t7?,9-,10-,11-,12+,15?/m1/s1. The minimum atomic E-state index is -4.70. The van der Waals surface area contributed by atoms with Crippen molar-refractivity contribution < 1.29 is 38.4 Å². The lowest BCUT2D eigenvalue weighted by Gasteiger charge is -2.30. The molecule has 0 radical (unpaired) electrons. The maximum atomic E-state index is 15.0. The van der Waals surface area contributed by atoms with Gasteiger partial charge in [0.25, 0.3) is 5.56 Å². The predicted octanol–water partition coefficient (Wildman–Crippen LogP) is -0.758. The number of nitrogens with one attached hydrogen (secondary N) is 1. The SMILES string of the molecule is CCC(F)(C[C@H]1O[C@@H](c2cn(C)c(=O)[nH]c2=O)[C@H](O)[C@@H]1O)OP(=O)(O)C(C)O. The van der Waals surface area contributed by atoms with Gasteiger partial charge in [-0.2, -0.15) is 0 Å². The number of halogens is 1. The van der Waals surface area contributed by atoms with E-state index in [9.17, 15) is 34.4 Å². The van der Waals surface area contributed by atoms with Crippen LogP contribution in [0.25, 0.3) is 0 Å². The third kappa shape index (κ3) is 4.60. The van der Waals surface area contributed by atoms with Crippen LogP contribution in [0.15, 0.2) is 15.8 Å². The zero-order chi connectivity index (χ0) is 21.4. The van der Waals surface area contributed by atoms with E-state index < -0.39 is 67.8 Å². The van der Waals surface area contributed by atoms with E-state index in [0.29, 0.717) is 0 Å². The van der Waals surface area contributed by atoms with Crippen LogP contribution in [0.3, 0.4) is 0 Å². The van der Waals surface area contributed by atoms with Gasteiger partial charge in [0.05, 0.1) is 11.7 Å². The van der Waals surface area contributed by atoms with Crippen LogP contribution in [0.2, 0.25) is 0 Å². The van der Waals surface area contributed by atoms with Crippen LogP contribution in [0.4, 0.5) is 4.39 Å². The van der Waals surface area contributed by atoms with Gasteiger partial charge in [-0.3, -0.25) is 18.9 Å². The predicted molar refractivity (Wildman–Crippen MR) is 93.3 cm³/mol. The van der Waals surface area contributed by atoms with Crippen molar-refractivity contribution in [2.24, 2.45) is 7.05 Å². The molecule has 1 aliphatic rings. The summed E-state index contributed by atoms with van der Waals surface area (Å²) in [5.74, 6) is -4.59. The van der Waals surface area contributed by atoms with Crippen LogP contribution in [0.1, 0.15) is 38.4 Å². The molecule has 1 aliphatic heterocycles. The summed E-state index contributed by atoms with van der Waals surface area (Å²) in [5.41, 5.74) is -1.70. The molecule has 0 aliphatic carbocycles. The van der Waals surface area contributed by atoms with E-state index in [1.807, 2.05) is 4.98 Å². The summed E-state index contributed by atoms with van der Waals surface area (Å²) in [6, 6.07) is 0. The number of aryl methyl sites for hydroxylation is 1. The first-order valence-corrected chi connectivity index (χ1v) is 10.2. The van der Waals surface area contributed by atoms with Crippen molar-refractivity contribution in [1.82, 2.24) is 9.55 Å². The Hall–Kier alpha value is -1.40. The van der Waals surface area contributed by atoms with Gasteiger partial charge in [0.2, 0.25) is 5.85 Å². The number of nitrogens with zero attached hydrogens (tertiary/aromatic N) is 1. The van der Waals surface area contributed by atoms with Crippen molar-refractivity contribution in [3.05, 3.63) is 32.6 Å². The fourth-order valence-electron chi connectivity index (χ4n) is 2.82. The van der Waals surface area contributed by atoms with Gasteiger partial charge in [0, 0.05) is 26.1 Å². The Morgan fingerprint density at radius 2 is 2.04 bits per heavy atom. The minimum absolute atomic E-state index is 0.158. The Kier molecular flexibility index (Phi) is 6.66. The highest BCUT2D eigenvalue weighted by molar-refractivity contribution is 7.53. The third-order valence-corrected chi connectivity index (χ3v) is 6.14. The fraction of sp³-hybridized carbons (Fsp3) is 0.733. The fourth-order valence-corrected chi connectivity index (χ4v) is 3.64. The monoisotopic (exact) mass is 426 g/mol. The highest BCUT2D eigenvalue weighted by atomic mass is 31.2. The topological polar surface area (TPSA) is 171 Å². The van der Waals surface area contributed by atoms with Gasteiger partial charge >= 0.3 is 13.3 Å². The summed E-state index contributed by atoms with van der Waals surface area (Å²) in [7, 11) is -3.35. The first-order chi connectivity index (χ1) is 12.8. The number of rotatable bonds is 7. The Bertz CT molecular complexity index is 872. The van der Waals surface area contributed by atoms with Gasteiger partial charge in [-0.15, -0.1) is 0 Å². The smallest absolute Gasteiger partial charge is 0.358 e. The summed E-state index contributed by atoms with van der Waals surface area (Å²) in [5, 5.41) is 29.7. The van der Waals surface area contributed by atoms with E-state index in [-0.39, 0.29) is 5.56 Å². The number of aliphatic hydroxyl groups excluding tert-OH is 3. The van der Waals surface area contributed by atoms with Crippen molar-refractivity contribution in [2.75, 3.05) is 0 Å². The Labute approximate surface area is 158 Å². The van der Waals surface area contributed by atoms with Gasteiger partial charge in [-0.25, -0.2) is 9.18 Å². The lowest BCUT2D eigenvalue weighted by Crippen LogP contribution is -2.38. The van der Waals surface area contributed by atoms with Gasteiger partial charge in [-0.1, -0.05) is 6.92 Å². The second-order valence-corrected chi connectivity index (χ2v) is 8.82. The number of hydrogen-bond donors (Lipinski definition) is 5. The number of aliphatic hydroxyl groups is 3. The van der Waals surface area contributed by atoms with Crippen LogP contribution >= 0.6 is 7.60 Å². The molecule has 1 fully saturated rings. The lowest BCUT2D eigenvalue weighted by molar-refractivity contribution is -0.124. The molecule has 0 saturated carbocycles. The van der Waals surface area contributed by atoms with Crippen molar-refractivity contribution in [3.63, 3.8) is 0 Å². The van der Waals surface area contributed by atoms with Gasteiger partial charge in [-0.05, 0) is 6.92 Å². The zero-order valence-electron chi connectivity index (χ0n) is 15.5. The summed E-state index contributed by atoms with van der Waals surface area (Å²) in [4.78, 5) is 35.1. The molecule has 2 rings (SSSR count). The van der Waals surface area contributed by atoms with Crippen molar-refractivity contribution in [3.8, 4) is 0 Å². The summed E-state index contributed by atoms with van der Waals surface area (Å²) in [6.07, 6.45) is -6.07. The molecular formula is C15H24FN2O9P. The molecule has 13 heteroatoms. The van der Waals surface area contributed by atoms with E-state index in [2.05, 4.69) is 4.52 Å². The maximum absolute atomic E-state index is 15.0. The van der Waals surface area contributed by atoms with Crippen molar-refractivity contribution >= 4 is 7.60 Å². The zero-order valence-corrected chi connectivity index (χ0v) is 16.4. The van der Waals surface area contributed by atoms with Crippen LogP contribution in [-0.4, -0.2) is 59.8 Å². The second-order valence-electron chi connectivity index (χ2n) is 6.76. The molecule has 11 nitrogen and oxygen atoms in total. The second kappa shape index (κ2) is 8.15. The average Bonchev–Trinajstić information content (AvgIpc) is 2.85. The van der Waals surface area contributed by atoms with E-state index in [4.69, 9.17) is 4.74 Å².